The molecule has 144 valence electrons. The first-order chi connectivity index (χ1) is 12.2. The van der Waals surface area contributed by atoms with E-state index in [0.717, 1.165) is 33.5 Å². The largest absolute Gasteiger partial charge is 0.353 e. The number of amides is 1. The lowest BCUT2D eigenvalue weighted by molar-refractivity contribution is -0.119. The maximum absolute atomic E-state index is 12.6. The number of carbonyl (C=O) groups excluding carboxylic acids is 1. The molecule has 2 aromatic rings. The summed E-state index contributed by atoms with van der Waals surface area (Å²) in [6.07, 6.45) is 1.98. The maximum atomic E-state index is 12.6. The zero-order valence-electron chi connectivity index (χ0n) is 16.4. The van der Waals surface area contributed by atoms with Gasteiger partial charge >= 0.3 is 0 Å². The third-order valence-corrected chi connectivity index (χ3v) is 6.73. The molecule has 0 fully saturated rings. The molecular weight excluding hydrogens is 366 g/mol. The van der Waals surface area contributed by atoms with Gasteiger partial charge in [0.1, 0.15) is 4.83 Å². The summed E-state index contributed by atoms with van der Waals surface area (Å²) < 4.78 is 0. The first-order valence-corrected chi connectivity index (χ1v) is 11.0. The van der Waals surface area contributed by atoms with Crippen molar-refractivity contribution in [3.8, 4) is 0 Å². The number of nitrogens with one attached hydrogen (secondary N) is 2. The second-order valence-electron chi connectivity index (χ2n) is 7.29. The number of nitrogens with zero attached hydrogens (tertiary/aromatic N) is 1. The second kappa shape index (κ2) is 9.04. The molecule has 0 aliphatic heterocycles. The topological polar surface area (TPSA) is 74.8 Å². The minimum atomic E-state index is -0.101. The maximum Gasteiger partial charge on any atom is 0.260 e. The second-order valence-corrected chi connectivity index (χ2v) is 9.46. The van der Waals surface area contributed by atoms with E-state index >= 15 is 0 Å². The average molecular weight is 396 g/mol. The van der Waals surface area contributed by atoms with Crippen molar-refractivity contribution >= 4 is 39.2 Å². The van der Waals surface area contributed by atoms with Crippen molar-refractivity contribution in [3.63, 3.8) is 0 Å². The number of carbonyl (C=O) groups is 1. The van der Waals surface area contributed by atoms with Crippen LogP contribution in [0.4, 0.5) is 0 Å². The Kier molecular flexibility index (Phi) is 7.29. The van der Waals surface area contributed by atoms with Crippen LogP contribution in [-0.4, -0.2) is 27.7 Å². The molecule has 0 saturated carbocycles. The molecule has 0 radical (unpaired) electrons. The number of aryl methyl sites for hydroxylation is 1. The smallest absolute Gasteiger partial charge is 0.260 e. The Morgan fingerprint density at radius 3 is 2.62 bits per heavy atom. The highest BCUT2D eigenvalue weighted by Crippen LogP contribution is 2.30. The van der Waals surface area contributed by atoms with Gasteiger partial charge in [0.2, 0.25) is 5.91 Å². The molecule has 0 aliphatic carbocycles. The number of hydrogen-bond acceptors (Lipinski definition) is 5. The molecule has 0 spiro atoms. The normalized spacial score (nSPS) is 14.0. The molecule has 0 unspecified atom stereocenters. The third-order valence-electron chi connectivity index (χ3n) is 4.82. The lowest BCUT2D eigenvalue weighted by atomic mass is 9.98. The van der Waals surface area contributed by atoms with Gasteiger partial charge in [-0.05, 0) is 37.7 Å². The molecule has 2 aromatic heterocycles. The van der Waals surface area contributed by atoms with Crippen molar-refractivity contribution in [1.29, 1.82) is 0 Å². The van der Waals surface area contributed by atoms with Gasteiger partial charge in [-0.15, -0.1) is 11.3 Å². The van der Waals surface area contributed by atoms with E-state index in [4.69, 9.17) is 0 Å². The fraction of sp³-hybridized carbons (Fsp3) is 0.632. The minimum absolute atomic E-state index is 0.0428. The highest BCUT2D eigenvalue weighted by Gasteiger charge is 2.17. The zero-order chi connectivity index (χ0) is 19.4. The summed E-state index contributed by atoms with van der Waals surface area (Å²) in [5.74, 6) is 1.12. The van der Waals surface area contributed by atoms with E-state index in [1.807, 2.05) is 6.92 Å². The Morgan fingerprint density at radius 2 is 2.00 bits per heavy atom. The summed E-state index contributed by atoms with van der Waals surface area (Å²) in [5.41, 5.74) is 1.02. The molecule has 26 heavy (non-hydrogen) atoms. The Morgan fingerprint density at radius 1 is 1.31 bits per heavy atom. The highest BCUT2D eigenvalue weighted by atomic mass is 32.2. The number of H-pyrrole nitrogens is 1. The van der Waals surface area contributed by atoms with Crippen LogP contribution in [-0.2, 0) is 11.2 Å². The first kappa shape index (κ1) is 21.0. The molecule has 0 bridgehead atoms. The van der Waals surface area contributed by atoms with Crippen molar-refractivity contribution in [2.75, 3.05) is 5.75 Å². The van der Waals surface area contributed by atoms with Crippen molar-refractivity contribution in [2.24, 2.45) is 11.8 Å². The van der Waals surface area contributed by atoms with Crippen LogP contribution in [0, 0.1) is 18.8 Å². The van der Waals surface area contributed by atoms with Crippen molar-refractivity contribution in [1.82, 2.24) is 15.3 Å². The molecule has 5 nitrogen and oxygen atoms in total. The van der Waals surface area contributed by atoms with Gasteiger partial charge in [-0.25, -0.2) is 4.98 Å². The summed E-state index contributed by atoms with van der Waals surface area (Å²) in [4.78, 5) is 34.0. The Hall–Kier alpha value is -1.34. The van der Waals surface area contributed by atoms with Gasteiger partial charge in [0.15, 0.2) is 5.16 Å². The number of aromatic nitrogens is 2. The van der Waals surface area contributed by atoms with Crippen molar-refractivity contribution in [2.45, 2.75) is 65.6 Å². The Balaban J connectivity index is 2.16. The van der Waals surface area contributed by atoms with Crippen LogP contribution in [0.25, 0.3) is 10.2 Å². The van der Waals surface area contributed by atoms with Crippen LogP contribution >= 0.6 is 23.1 Å². The van der Waals surface area contributed by atoms with E-state index in [9.17, 15) is 9.59 Å². The Bertz CT molecular complexity index is 826. The molecule has 2 N–H and O–H groups in total. The van der Waals surface area contributed by atoms with Gasteiger partial charge in [0.25, 0.3) is 5.56 Å². The van der Waals surface area contributed by atoms with Crippen LogP contribution in [0.3, 0.4) is 0 Å². The van der Waals surface area contributed by atoms with Gasteiger partial charge in [0, 0.05) is 10.9 Å². The van der Waals surface area contributed by atoms with Crippen LogP contribution in [0.2, 0.25) is 0 Å². The van der Waals surface area contributed by atoms with E-state index in [2.05, 4.69) is 49.9 Å². The number of thiophene rings is 1. The molecule has 2 rings (SSSR count). The summed E-state index contributed by atoms with van der Waals surface area (Å²) in [6, 6.07) is 0.126. The molecule has 1 amide bonds. The van der Waals surface area contributed by atoms with Crippen LogP contribution in [0.5, 0.6) is 0 Å². The molecule has 0 aromatic carbocycles. The molecule has 7 heteroatoms. The number of fused-ring (bicyclic) bond motifs is 1. The van der Waals surface area contributed by atoms with E-state index < -0.39 is 0 Å². The zero-order valence-corrected chi connectivity index (χ0v) is 18.1. The molecule has 2 heterocycles. The van der Waals surface area contributed by atoms with Crippen LogP contribution in [0.1, 0.15) is 51.5 Å². The quantitative estimate of drug-likeness (QED) is 0.520. The predicted molar refractivity (Wildman–Crippen MR) is 111 cm³/mol. The van der Waals surface area contributed by atoms with Gasteiger partial charge in [-0.2, -0.15) is 0 Å². The van der Waals surface area contributed by atoms with E-state index in [-0.39, 0.29) is 23.3 Å². The number of rotatable bonds is 8. The van der Waals surface area contributed by atoms with Gasteiger partial charge in [-0.3, -0.25) is 9.59 Å². The van der Waals surface area contributed by atoms with E-state index in [1.165, 1.54) is 11.8 Å². The fourth-order valence-corrected chi connectivity index (χ4v) is 4.34. The Labute approximate surface area is 163 Å². The van der Waals surface area contributed by atoms with Gasteiger partial charge in [0.05, 0.1) is 11.1 Å². The summed E-state index contributed by atoms with van der Waals surface area (Å²) in [6.45, 7) is 12.6. The number of hydrogen-bond donors (Lipinski definition) is 2. The highest BCUT2D eigenvalue weighted by molar-refractivity contribution is 7.99. The fourth-order valence-electron chi connectivity index (χ4n) is 2.56. The first-order valence-electron chi connectivity index (χ1n) is 9.17. The van der Waals surface area contributed by atoms with Crippen molar-refractivity contribution < 1.29 is 4.79 Å². The van der Waals surface area contributed by atoms with Gasteiger partial charge < -0.3 is 10.3 Å². The van der Waals surface area contributed by atoms with Crippen LogP contribution in [0.15, 0.2) is 9.95 Å². The van der Waals surface area contributed by atoms with E-state index in [1.54, 1.807) is 11.3 Å². The van der Waals surface area contributed by atoms with Crippen LogP contribution < -0.4 is 10.9 Å². The lowest BCUT2D eigenvalue weighted by Gasteiger charge is -2.17. The summed E-state index contributed by atoms with van der Waals surface area (Å²) in [7, 11) is 0. The van der Waals surface area contributed by atoms with Crippen molar-refractivity contribution in [3.05, 3.63) is 20.8 Å². The molecular formula is C19H29N3O2S2. The standard InChI is InChI=1S/C19H29N3O2S2/c1-7-11(4)8-14-13(6)26-18-16(14)17(24)21-19(22-18)25-9-15(23)20-12(5)10(2)3/h10-12H,7-9H2,1-6H3,(H,20,23)(H,21,22,24)/t11-,12-/m1/s1. The minimum Gasteiger partial charge on any atom is -0.353 e. The third kappa shape index (κ3) is 5.10. The molecule has 2 atom stereocenters. The lowest BCUT2D eigenvalue weighted by Crippen LogP contribution is -2.37. The number of thioether (sulfide) groups is 1. The molecule has 0 aliphatic rings. The number of aromatic amines is 1. The summed E-state index contributed by atoms with van der Waals surface area (Å²) in [5, 5.41) is 4.19. The molecule has 0 saturated heterocycles. The average Bonchev–Trinajstić information content (AvgIpc) is 2.88. The predicted octanol–water partition coefficient (Wildman–Crippen LogP) is 4.13. The monoisotopic (exact) mass is 395 g/mol. The van der Waals surface area contributed by atoms with E-state index in [0.29, 0.717) is 17.0 Å². The van der Waals surface area contributed by atoms with Gasteiger partial charge in [-0.1, -0.05) is 45.9 Å². The SMILES string of the molecule is CC[C@@H](C)Cc1c(C)sc2nc(SCC(=O)N[C@H](C)C(C)C)[nH]c(=O)c12. The summed E-state index contributed by atoms with van der Waals surface area (Å²) >= 11 is 2.84.